The molecule has 0 radical (unpaired) electrons. The van der Waals surface area contributed by atoms with Gasteiger partial charge in [-0.2, -0.15) is 5.10 Å². The number of rotatable bonds is 6. The van der Waals surface area contributed by atoms with Crippen molar-refractivity contribution in [2.75, 3.05) is 9.91 Å². The third kappa shape index (κ3) is 4.40. The minimum Gasteiger partial charge on any atom is -0.368 e. The molecule has 0 aliphatic carbocycles. The molecule has 2 amide bonds. The van der Waals surface area contributed by atoms with Crippen LogP contribution in [0.2, 0.25) is 0 Å². The first-order valence-electron chi connectivity index (χ1n) is 9.56. The van der Waals surface area contributed by atoms with Gasteiger partial charge < -0.3 is 10.6 Å². The van der Waals surface area contributed by atoms with Crippen molar-refractivity contribution in [2.24, 2.45) is 10.8 Å². The highest BCUT2D eigenvalue weighted by Crippen LogP contribution is 2.27. The predicted octanol–water partition coefficient (Wildman–Crippen LogP) is 2.27. The minimum absolute atomic E-state index is 0.0370. The van der Waals surface area contributed by atoms with Crippen LogP contribution in [0.15, 0.2) is 78.3 Å². The van der Waals surface area contributed by atoms with E-state index >= 15 is 0 Å². The van der Waals surface area contributed by atoms with Crippen LogP contribution in [0, 0.1) is 5.82 Å². The van der Waals surface area contributed by atoms with Crippen molar-refractivity contribution in [1.29, 1.82) is 0 Å². The summed E-state index contributed by atoms with van der Waals surface area (Å²) in [5.41, 5.74) is 7.49. The molecule has 1 unspecified atom stereocenters. The van der Waals surface area contributed by atoms with Crippen molar-refractivity contribution < 1.29 is 14.0 Å². The molecule has 0 fully saturated rings. The summed E-state index contributed by atoms with van der Waals surface area (Å²) in [5, 5.41) is 5.74. The van der Waals surface area contributed by atoms with Crippen molar-refractivity contribution in [3.8, 4) is 0 Å². The molecule has 4 rings (SSSR count). The highest BCUT2D eigenvalue weighted by molar-refractivity contribution is 6.44. The quantitative estimate of drug-likeness (QED) is 0.661. The summed E-state index contributed by atoms with van der Waals surface area (Å²) in [6, 6.07) is 13.5. The minimum atomic E-state index is -0.849. The number of aromatic nitrogens is 2. The van der Waals surface area contributed by atoms with Crippen LogP contribution in [-0.4, -0.2) is 33.5 Å². The maximum absolute atomic E-state index is 13.5. The summed E-state index contributed by atoms with van der Waals surface area (Å²) in [6.45, 7) is 0.209. The third-order valence-corrected chi connectivity index (χ3v) is 4.84. The number of hydrogen-bond acceptors (Lipinski definition) is 6. The Hall–Kier alpha value is -4.14. The molecule has 0 bridgehead atoms. The number of hydrazone groups is 1. The van der Waals surface area contributed by atoms with E-state index in [0.29, 0.717) is 17.1 Å². The summed E-state index contributed by atoms with van der Waals surface area (Å²) in [5.74, 6) is -1.43. The van der Waals surface area contributed by atoms with Crippen molar-refractivity contribution in [3.05, 3.63) is 84.7 Å². The van der Waals surface area contributed by atoms with Gasteiger partial charge in [0.1, 0.15) is 17.6 Å². The van der Waals surface area contributed by atoms with Gasteiger partial charge >= 0.3 is 0 Å². The van der Waals surface area contributed by atoms with Gasteiger partial charge in [0.05, 0.1) is 17.9 Å². The standard InChI is InChI=1S/C22H19FN6O2/c23-15-4-6-18(7-5-15)29-20(21(24)30)13-19(27-29)22(31)28(17-8-11-25-12-9-17)14-16-3-1-2-10-26-16/h1-12,20H,13-14H2,(H2,24,30). The van der Waals surface area contributed by atoms with Crippen LogP contribution in [0.25, 0.3) is 0 Å². The van der Waals surface area contributed by atoms with Gasteiger partial charge in [0, 0.05) is 30.7 Å². The number of amides is 2. The van der Waals surface area contributed by atoms with Gasteiger partial charge in [0.2, 0.25) is 5.91 Å². The van der Waals surface area contributed by atoms with Crippen LogP contribution >= 0.6 is 0 Å². The van der Waals surface area contributed by atoms with Crippen molar-refractivity contribution in [3.63, 3.8) is 0 Å². The summed E-state index contributed by atoms with van der Waals surface area (Å²) >= 11 is 0. The van der Waals surface area contributed by atoms with Crippen molar-refractivity contribution in [1.82, 2.24) is 9.97 Å². The van der Waals surface area contributed by atoms with Crippen LogP contribution in [-0.2, 0) is 16.1 Å². The molecule has 0 saturated heterocycles. The smallest absolute Gasteiger partial charge is 0.274 e. The molecule has 1 aliphatic heterocycles. The fraction of sp³-hybridized carbons (Fsp3) is 0.136. The maximum Gasteiger partial charge on any atom is 0.274 e. The van der Waals surface area contributed by atoms with Crippen molar-refractivity contribution in [2.45, 2.75) is 19.0 Å². The number of halogens is 1. The summed E-state index contributed by atoms with van der Waals surface area (Å²) in [4.78, 5) is 35.3. The molecule has 156 valence electrons. The number of nitrogens with zero attached hydrogens (tertiary/aromatic N) is 5. The Morgan fingerprint density at radius 3 is 2.45 bits per heavy atom. The lowest BCUT2D eigenvalue weighted by Gasteiger charge is -2.22. The lowest BCUT2D eigenvalue weighted by Crippen LogP contribution is -2.40. The summed E-state index contributed by atoms with van der Waals surface area (Å²) in [6.07, 6.45) is 4.86. The van der Waals surface area contributed by atoms with Gasteiger partial charge in [0.25, 0.3) is 5.91 Å². The monoisotopic (exact) mass is 418 g/mol. The second-order valence-corrected chi connectivity index (χ2v) is 6.91. The van der Waals surface area contributed by atoms with Crippen LogP contribution in [0.4, 0.5) is 15.8 Å². The molecular formula is C22H19FN6O2. The average Bonchev–Trinajstić information content (AvgIpc) is 3.25. The number of hydrogen-bond donors (Lipinski definition) is 1. The highest BCUT2D eigenvalue weighted by Gasteiger charge is 2.37. The molecule has 0 spiro atoms. The fourth-order valence-corrected chi connectivity index (χ4v) is 3.31. The highest BCUT2D eigenvalue weighted by atomic mass is 19.1. The van der Waals surface area contributed by atoms with Gasteiger partial charge in [-0.3, -0.25) is 24.6 Å². The molecule has 1 aromatic carbocycles. The average molecular weight is 418 g/mol. The zero-order chi connectivity index (χ0) is 21.8. The molecule has 8 nitrogen and oxygen atoms in total. The fourth-order valence-electron chi connectivity index (χ4n) is 3.31. The maximum atomic E-state index is 13.5. The number of carbonyl (C=O) groups is 2. The number of pyridine rings is 2. The van der Waals surface area contributed by atoms with Crippen LogP contribution in [0.5, 0.6) is 0 Å². The summed E-state index contributed by atoms with van der Waals surface area (Å²) in [7, 11) is 0. The van der Waals surface area contributed by atoms with Gasteiger partial charge in [-0.15, -0.1) is 0 Å². The molecule has 2 aromatic heterocycles. The largest absolute Gasteiger partial charge is 0.368 e. The van der Waals surface area contributed by atoms with Crippen LogP contribution < -0.4 is 15.6 Å². The lowest BCUT2D eigenvalue weighted by atomic mass is 10.1. The van der Waals surface area contributed by atoms with E-state index in [1.54, 1.807) is 36.8 Å². The van der Waals surface area contributed by atoms with E-state index in [1.165, 1.54) is 34.2 Å². The van der Waals surface area contributed by atoms with E-state index in [4.69, 9.17) is 5.73 Å². The number of nitrogens with two attached hydrogens (primary N) is 1. The molecule has 3 aromatic rings. The van der Waals surface area contributed by atoms with E-state index in [1.807, 2.05) is 12.1 Å². The van der Waals surface area contributed by atoms with Crippen LogP contribution in [0.3, 0.4) is 0 Å². The van der Waals surface area contributed by atoms with Gasteiger partial charge in [-0.05, 0) is 48.5 Å². The number of primary amides is 1. The van der Waals surface area contributed by atoms with Crippen molar-refractivity contribution >= 4 is 28.9 Å². The second-order valence-electron chi connectivity index (χ2n) is 6.91. The molecule has 9 heteroatoms. The number of anilines is 2. The number of benzene rings is 1. The topological polar surface area (TPSA) is 105 Å². The number of carbonyl (C=O) groups excluding carboxylic acids is 2. The Morgan fingerprint density at radius 2 is 1.81 bits per heavy atom. The molecule has 3 heterocycles. The summed E-state index contributed by atoms with van der Waals surface area (Å²) < 4.78 is 13.3. The van der Waals surface area contributed by atoms with Gasteiger partial charge in [-0.25, -0.2) is 4.39 Å². The Bertz CT molecular complexity index is 1110. The normalized spacial score (nSPS) is 15.5. The second kappa shape index (κ2) is 8.70. The van der Waals surface area contributed by atoms with E-state index < -0.39 is 17.8 Å². The van der Waals surface area contributed by atoms with E-state index in [9.17, 15) is 14.0 Å². The Labute approximate surface area is 177 Å². The molecule has 2 N–H and O–H groups in total. The van der Waals surface area contributed by atoms with Gasteiger partial charge in [-0.1, -0.05) is 6.07 Å². The predicted molar refractivity (Wildman–Crippen MR) is 114 cm³/mol. The Morgan fingerprint density at radius 1 is 1.06 bits per heavy atom. The van der Waals surface area contributed by atoms with E-state index in [-0.39, 0.29) is 24.6 Å². The molecule has 0 saturated carbocycles. The SMILES string of the molecule is NC(=O)C1CC(C(=O)N(Cc2ccccn2)c2ccncc2)=NN1c1ccc(F)cc1. The van der Waals surface area contributed by atoms with E-state index in [0.717, 1.165) is 0 Å². The van der Waals surface area contributed by atoms with Gasteiger partial charge in [0.15, 0.2) is 0 Å². The first kappa shape index (κ1) is 20.1. The third-order valence-electron chi connectivity index (χ3n) is 4.84. The first-order valence-corrected chi connectivity index (χ1v) is 9.56. The molecule has 1 atom stereocenters. The zero-order valence-corrected chi connectivity index (χ0v) is 16.4. The molecule has 1 aliphatic rings. The lowest BCUT2D eigenvalue weighted by molar-refractivity contribution is -0.119. The first-order chi connectivity index (χ1) is 15.0. The van der Waals surface area contributed by atoms with E-state index in [2.05, 4.69) is 15.1 Å². The Balaban J connectivity index is 1.67. The van der Waals surface area contributed by atoms with Crippen LogP contribution in [0.1, 0.15) is 12.1 Å². The molecule has 31 heavy (non-hydrogen) atoms. The molecular weight excluding hydrogens is 399 g/mol. The Kier molecular flexibility index (Phi) is 5.65. The zero-order valence-electron chi connectivity index (χ0n) is 16.4.